The van der Waals surface area contributed by atoms with E-state index in [2.05, 4.69) is 10.00 Å². The maximum atomic E-state index is 13.0. The number of rotatable bonds is 1. The van der Waals surface area contributed by atoms with Gasteiger partial charge in [-0.3, -0.25) is 9.69 Å². The van der Waals surface area contributed by atoms with Gasteiger partial charge < -0.3 is 4.74 Å². The lowest BCUT2D eigenvalue weighted by Gasteiger charge is -2.31. The lowest BCUT2D eigenvalue weighted by atomic mass is 10.1. The number of hydrogen-bond acceptors (Lipinski definition) is 4. The van der Waals surface area contributed by atoms with E-state index in [9.17, 15) is 18.0 Å². The fraction of sp³-hybridized carbons (Fsp3) is 0.667. The molecule has 0 bridgehead atoms. The summed E-state index contributed by atoms with van der Waals surface area (Å²) in [5, 5.41) is 5.86. The molecule has 1 aliphatic carbocycles. The van der Waals surface area contributed by atoms with Gasteiger partial charge >= 0.3 is 6.18 Å². The van der Waals surface area contributed by atoms with Crippen LogP contribution in [0.5, 0.6) is 0 Å². The number of aromatic nitrogens is 2. The molecule has 3 rings (SSSR count). The quantitative estimate of drug-likeness (QED) is 0.841. The van der Waals surface area contributed by atoms with Crippen LogP contribution in [0.4, 0.5) is 13.2 Å². The fourth-order valence-electron chi connectivity index (χ4n) is 2.99. The van der Waals surface area contributed by atoms with Gasteiger partial charge in [0.2, 0.25) is 0 Å². The molecule has 2 aliphatic rings. The number of halogens is 3. The van der Waals surface area contributed by atoms with E-state index < -0.39 is 17.3 Å². The Labute approximate surface area is 112 Å². The summed E-state index contributed by atoms with van der Waals surface area (Å²) in [6, 6.07) is -0.160. The molecule has 0 saturated carbocycles. The maximum absolute atomic E-state index is 13.0. The minimum absolute atomic E-state index is 0.0535. The predicted octanol–water partition coefficient (Wildman–Crippen LogP) is 1.11. The van der Waals surface area contributed by atoms with E-state index in [0.717, 1.165) is 0 Å². The molecular weight excluding hydrogens is 275 g/mol. The number of aromatic amines is 1. The van der Waals surface area contributed by atoms with Gasteiger partial charge in [-0.15, -0.1) is 0 Å². The molecule has 2 heterocycles. The van der Waals surface area contributed by atoms with Crippen molar-refractivity contribution in [2.24, 2.45) is 0 Å². The molecule has 20 heavy (non-hydrogen) atoms. The van der Waals surface area contributed by atoms with E-state index in [0.29, 0.717) is 38.4 Å². The first-order valence-electron chi connectivity index (χ1n) is 6.49. The summed E-state index contributed by atoms with van der Waals surface area (Å²) in [6.45, 7) is 2.49. The Morgan fingerprint density at radius 1 is 1.30 bits per heavy atom. The van der Waals surface area contributed by atoms with Crippen LogP contribution < -0.4 is 5.56 Å². The summed E-state index contributed by atoms with van der Waals surface area (Å²) in [7, 11) is 0. The topological polar surface area (TPSA) is 58.2 Å². The van der Waals surface area contributed by atoms with Crippen LogP contribution in [-0.4, -0.2) is 41.4 Å². The minimum atomic E-state index is -4.64. The van der Waals surface area contributed by atoms with Gasteiger partial charge in [-0.25, -0.2) is 5.10 Å². The molecule has 1 aliphatic heterocycles. The molecule has 0 amide bonds. The first kappa shape index (κ1) is 13.6. The van der Waals surface area contributed by atoms with Crippen molar-refractivity contribution < 1.29 is 17.9 Å². The summed E-state index contributed by atoms with van der Waals surface area (Å²) < 4.78 is 44.2. The minimum Gasteiger partial charge on any atom is -0.379 e. The van der Waals surface area contributed by atoms with Gasteiger partial charge in [0.05, 0.1) is 24.9 Å². The smallest absolute Gasteiger partial charge is 0.379 e. The van der Waals surface area contributed by atoms with Crippen LogP contribution in [0.1, 0.15) is 29.3 Å². The third-order valence-corrected chi connectivity index (χ3v) is 3.87. The predicted molar refractivity (Wildman–Crippen MR) is 63.3 cm³/mol. The van der Waals surface area contributed by atoms with Gasteiger partial charge in [-0.1, -0.05) is 0 Å². The van der Waals surface area contributed by atoms with Gasteiger partial charge in [0.1, 0.15) is 5.56 Å². The Balaban J connectivity index is 2.00. The van der Waals surface area contributed by atoms with E-state index in [1.807, 2.05) is 5.10 Å². The molecule has 1 unspecified atom stereocenters. The molecule has 0 spiro atoms. The van der Waals surface area contributed by atoms with E-state index in [1.54, 1.807) is 0 Å². The van der Waals surface area contributed by atoms with Crippen molar-refractivity contribution in [3.63, 3.8) is 0 Å². The third kappa shape index (κ3) is 2.22. The number of morpholine rings is 1. The lowest BCUT2D eigenvalue weighted by Crippen LogP contribution is -2.39. The Morgan fingerprint density at radius 2 is 2.00 bits per heavy atom. The van der Waals surface area contributed by atoms with Crippen LogP contribution >= 0.6 is 0 Å². The van der Waals surface area contributed by atoms with Crippen molar-refractivity contribution in [1.29, 1.82) is 0 Å². The molecule has 1 saturated heterocycles. The largest absolute Gasteiger partial charge is 0.422 e. The van der Waals surface area contributed by atoms with Gasteiger partial charge in [-0.05, 0) is 18.4 Å². The highest BCUT2D eigenvalue weighted by Gasteiger charge is 2.42. The molecular formula is C12H14F3N3O2. The zero-order valence-corrected chi connectivity index (χ0v) is 10.7. The molecule has 5 nitrogen and oxygen atoms in total. The molecule has 1 N–H and O–H groups in total. The molecule has 1 aromatic rings. The number of H-pyrrole nitrogens is 1. The van der Waals surface area contributed by atoms with Crippen LogP contribution in [0.15, 0.2) is 4.79 Å². The summed E-state index contributed by atoms with van der Waals surface area (Å²) in [6.07, 6.45) is -3.84. The maximum Gasteiger partial charge on any atom is 0.422 e. The first-order valence-corrected chi connectivity index (χ1v) is 6.49. The Kier molecular flexibility index (Phi) is 3.29. The molecule has 1 fully saturated rings. The average molecular weight is 289 g/mol. The summed E-state index contributed by atoms with van der Waals surface area (Å²) >= 11 is 0. The van der Waals surface area contributed by atoms with Crippen LogP contribution in [0.2, 0.25) is 0 Å². The van der Waals surface area contributed by atoms with Crippen molar-refractivity contribution in [1.82, 2.24) is 15.1 Å². The number of nitrogens with zero attached hydrogens (tertiary/aromatic N) is 2. The monoisotopic (exact) mass is 289 g/mol. The van der Waals surface area contributed by atoms with Gasteiger partial charge in [0.25, 0.3) is 5.56 Å². The lowest BCUT2D eigenvalue weighted by molar-refractivity contribution is -0.139. The molecule has 1 aromatic heterocycles. The number of nitrogens with one attached hydrogen (secondary N) is 1. The molecule has 110 valence electrons. The van der Waals surface area contributed by atoms with Crippen LogP contribution in [-0.2, 0) is 17.3 Å². The Bertz CT molecular complexity index is 564. The van der Waals surface area contributed by atoms with Crippen molar-refractivity contribution in [3.8, 4) is 0 Å². The second-order valence-corrected chi connectivity index (χ2v) is 4.99. The van der Waals surface area contributed by atoms with Crippen molar-refractivity contribution >= 4 is 0 Å². The molecule has 1 atom stereocenters. The highest BCUT2D eigenvalue weighted by atomic mass is 19.4. The fourth-order valence-corrected chi connectivity index (χ4v) is 2.99. The van der Waals surface area contributed by atoms with E-state index in [1.165, 1.54) is 0 Å². The van der Waals surface area contributed by atoms with Crippen LogP contribution in [0.25, 0.3) is 0 Å². The van der Waals surface area contributed by atoms with Crippen LogP contribution in [0, 0.1) is 0 Å². The van der Waals surface area contributed by atoms with E-state index in [4.69, 9.17) is 4.74 Å². The van der Waals surface area contributed by atoms with Crippen molar-refractivity contribution in [2.75, 3.05) is 26.3 Å². The molecule has 0 aromatic carbocycles. The number of hydrogen-bond donors (Lipinski definition) is 1. The SMILES string of the molecule is O=c1[nH]nc2c(c1C(F)(F)F)CCC2N1CCOCC1. The second-order valence-electron chi connectivity index (χ2n) is 4.99. The zero-order valence-electron chi connectivity index (χ0n) is 10.7. The Morgan fingerprint density at radius 3 is 2.65 bits per heavy atom. The number of alkyl halides is 3. The second kappa shape index (κ2) is 4.85. The third-order valence-electron chi connectivity index (χ3n) is 3.87. The first-order chi connectivity index (χ1) is 9.48. The highest BCUT2D eigenvalue weighted by Crippen LogP contribution is 2.39. The van der Waals surface area contributed by atoms with E-state index >= 15 is 0 Å². The number of fused-ring (bicyclic) bond motifs is 1. The van der Waals surface area contributed by atoms with Crippen molar-refractivity contribution in [2.45, 2.75) is 25.1 Å². The van der Waals surface area contributed by atoms with Crippen LogP contribution in [0.3, 0.4) is 0 Å². The normalized spacial score (nSPS) is 23.9. The van der Waals surface area contributed by atoms with Gasteiger partial charge in [0.15, 0.2) is 0 Å². The van der Waals surface area contributed by atoms with E-state index in [-0.39, 0.29) is 18.0 Å². The van der Waals surface area contributed by atoms with Gasteiger partial charge in [-0.2, -0.15) is 18.3 Å². The summed E-state index contributed by atoms with van der Waals surface area (Å²) in [4.78, 5) is 13.5. The highest BCUT2D eigenvalue weighted by molar-refractivity contribution is 5.36. The Hall–Kier alpha value is -1.41. The average Bonchev–Trinajstić information content (AvgIpc) is 2.81. The summed E-state index contributed by atoms with van der Waals surface area (Å²) in [5.74, 6) is 0. The van der Waals surface area contributed by atoms with Gasteiger partial charge in [0, 0.05) is 13.1 Å². The van der Waals surface area contributed by atoms with Crippen molar-refractivity contribution in [3.05, 3.63) is 27.2 Å². The summed E-state index contributed by atoms with van der Waals surface area (Å²) in [5.41, 5.74) is -1.83. The zero-order chi connectivity index (χ0) is 14.3. The molecule has 0 radical (unpaired) electrons. The molecule has 8 heteroatoms. The standard InChI is InChI=1S/C12H14F3N3O2/c13-12(14,15)9-7-1-2-8(10(7)16-17-11(9)19)18-3-5-20-6-4-18/h8H,1-6H2,(H,17,19). The number of ether oxygens (including phenoxy) is 1.